The minimum Gasteiger partial charge on any atom is -0.326 e. The normalized spacial score (nSPS) is 15.5. The SMILES string of the molecule is O=C1CCCCC(=O)Nc2ccccc2-c2ccccc2N1. The number of anilines is 2. The highest BCUT2D eigenvalue weighted by atomic mass is 16.2. The zero-order valence-electron chi connectivity index (χ0n) is 12.3. The molecule has 3 rings (SSSR count). The van der Waals surface area contributed by atoms with Gasteiger partial charge in [0.1, 0.15) is 0 Å². The Labute approximate surface area is 129 Å². The Balaban J connectivity index is 2.09. The first-order valence-electron chi connectivity index (χ1n) is 7.52. The number of para-hydroxylation sites is 2. The minimum atomic E-state index is -0.00841. The van der Waals surface area contributed by atoms with E-state index in [4.69, 9.17) is 0 Å². The van der Waals surface area contributed by atoms with E-state index in [1.165, 1.54) is 0 Å². The predicted octanol–water partition coefficient (Wildman–Crippen LogP) is 3.80. The molecule has 0 unspecified atom stereocenters. The first-order valence-corrected chi connectivity index (χ1v) is 7.52. The van der Waals surface area contributed by atoms with Gasteiger partial charge in [-0.3, -0.25) is 9.59 Å². The average molecular weight is 294 g/mol. The molecule has 0 saturated heterocycles. The van der Waals surface area contributed by atoms with Gasteiger partial charge in [0.05, 0.1) is 0 Å². The van der Waals surface area contributed by atoms with E-state index in [1.54, 1.807) is 0 Å². The van der Waals surface area contributed by atoms with Gasteiger partial charge in [-0.2, -0.15) is 0 Å². The van der Waals surface area contributed by atoms with E-state index in [2.05, 4.69) is 10.6 Å². The summed E-state index contributed by atoms with van der Waals surface area (Å²) in [5.74, 6) is -0.0168. The number of benzene rings is 2. The second-order valence-electron chi connectivity index (χ2n) is 5.39. The summed E-state index contributed by atoms with van der Waals surface area (Å²) in [5.41, 5.74) is 3.36. The van der Waals surface area contributed by atoms with Crippen LogP contribution in [0.5, 0.6) is 0 Å². The van der Waals surface area contributed by atoms with E-state index < -0.39 is 0 Å². The Hall–Kier alpha value is -2.62. The molecule has 2 N–H and O–H groups in total. The van der Waals surface area contributed by atoms with Crippen LogP contribution in [0.25, 0.3) is 11.1 Å². The van der Waals surface area contributed by atoms with Gasteiger partial charge in [-0.15, -0.1) is 0 Å². The van der Waals surface area contributed by atoms with Crippen LogP contribution in [0.3, 0.4) is 0 Å². The van der Waals surface area contributed by atoms with E-state index in [0.29, 0.717) is 25.7 Å². The summed E-state index contributed by atoms with van der Waals surface area (Å²) < 4.78 is 0. The summed E-state index contributed by atoms with van der Waals surface area (Å²) in [6.07, 6.45) is 2.29. The van der Waals surface area contributed by atoms with Crippen LogP contribution in [-0.4, -0.2) is 11.8 Å². The van der Waals surface area contributed by atoms with Crippen molar-refractivity contribution in [3.05, 3.63) is 48.5 Å². The van der Waals surface area contributed by atoms with Crippen LogP contribution in [0.4, 0.5) is 11.4 Å². The van der Waals surface area contributed by atoms with Crippen molar-refractivity contribution >= 4 is 23.2 Å². The molecule has 1 heterocycles. The topological polar surface area (TPSA) is 58.2 Å². The molecule has 0 spiro atoms. The van der Waals surface area contributed by atoms with Crippen LogP contribution < -0.4 is 10.6 Å². The Bertz CT molecular complexity index is 648. The number of rotatable bonds is 0. The second kappa shape index (κ2) is 6.43. The molecule has 1 aliphatic heterocycles. The van der Waals surface area contributed by atoms with Crippen molar-refractivity contribution in [1.82, 2.24) is 0 Å². The van der Waals surface area contributed by atoms with E-state index in [1.807, 2.05) is 48.5 Å². The van der Waals surface area contributed by atoms with Crippen molar-refractivity contribution in [2.75, 3.05) is 10.6 Å². The number of carbonyl (C=O) groups excluding carboxylic acids is 2. The molecule has 4 heteroatoms. The maximum Gasteiger partial charge on any atom is 0.224 e. The zero-order chi connectivity index (χ0) is 15.4. The van der Waals surface area contributed by atoms with Crippen LogP contribution in [0, 0.1) is 0 Å². The number of fused-ring (bicyclic) bond motifs is 3. The standard InChI is InChI=1S/C18H18N2O2/c21-17-11-5-6-12-18(22)20-16-10-4-2-8-14(16)13-7-1-3-9-15(13)19-17/h1-4,7-10H,5-6,11-12H2,(H,19,21)(H,20,22). The first kappa shape index (κ1) is 14.3. The molecule has 2 aromatic carbocycles. The highest BCUT2D eigenvalue weighted by Crippen LogP contribution is 2.34. The summed E-state index contributed by atoms with van der Waals surface area (Å²) in [4.78, 5) is 24.1. The van der Waals surface area contributed by atoms with Crippen LogP contribution in [0.2, 0.25) is 0 Å². The van der Waals surface area contributed by atoms with Gasteiger partial charge >= 0.3 is 0 Å². The van der Waals surface area contributed by atoms with E-state index >= 15 is 0 Å². The third-order valence-corrected chi connectivity index (χ3v) is 3.75. The lowest BCUT2D eigenvalue weighted by Gasteiger charge is -2.16. The molecule has 2 aromatic rings. The summed E-state index contributed by atoms with van der Waals surface area (Å²) >= 11 is 0. The molecule has 0 saturated carbocycles. The number of nitrogens with one attached hydrogen (secondary N) is 2. The molecule has 2 amide bonds. The maximum atomic E-state index is 12.0. The van der Waals surface area contributed by atoms with E-state index in [-0.39, 0.29) is 11.8 Å². The molecule has 0 aromatic heterocycles. The number of amides is 2. The van der Waals surface area contributed by atoms with Gasteiger partial charge in [0.2, 0.25) is 11.8 Å². The van der Waals surface area contributed by atoms with Gasteiger partial charge < -0.3 is 10.6 Å². The summed E-state index contributed by atoms with van der Waals surface area (Å²) in [5, 5.41) is 5.96. The Morgan fingerprint density at radius 1 is 0.636 bits per heavy atom. The lowest BCUT2D eigenvalue weighted by atomic mass is 10.0. The van der Waals surface area contributed by atoms with Crippen LogP contribution in [0.15, 0.2) is 48.5 Å². The third kappa shape index (κ3) is 3.17. The Kier molecular flexibility index (Phi) is 4.19. The quantitative estimate of drug-likeness (QED) is 0.776. The monoisotopic (exact) mass is 294 g/mol. The van der Waals surface area contributed by atoms with Crippen molar-refractivity contribution in [3.63, 3.8) is 0 Å². The minimum absolute atomic E-state index is 0.00841. The third-order valence-electron chi connectivity index (χ3n) is 3.75. The number of hydrogen-bond acceptors (Lipinski definition) is 2. The highest BCUT2D eigenvalue weighted by Gasteiger charge is 2.14. The second-order valence-corrected chi connectivity index (χ2v) is 5.39. The summed E-state index contributed by atoms with van der Waals surface area (Å²) in [6.45, 7) is 0. The Morgan fingerprint density at radius 3 is 1.50 bits per heavy atom. The van der Waals surface area contributed by atoms with Crippen molar-refractivity contribution in [2.24, 2.45) is 0 Å². The molecule has 22 heavy (non-hydrogen) atoms. The summed E-state index contributed by atoms with van der Waals surface area (Å²) in [7, 11) is 0. The van der Waals surface area contributed by atoms with Gasteiger partial charge in [0, 0.05) is 35.3 Å². The van der Waals surface area contributed by atoms with Gasteiger partial charge in [-0.25, -0.2) is 0 Å². The van der Waals surface area contributed by atoms with E-state index in [9.17, 15) is 9.59 Å². The lowest BCUT2D eigenvalue weighted by Crippen LogP contribution is -2.15. The lowest BCUT2D eigenvalue weighted by molar-refractivity contribution is -0.118. The van der Waals surface area contributed by atoms with Crippen LogP contribution in [-0.2, 0) is 9.59 Å². The molecule has 0 atom stereocenters. The van der Waals surface area contributed by atoms with Crippen LogP contribution in [0.1, 0.15) is 25.7 Å². The van der Waals surface area contributed by atoms with E-state index in [0.717, 1.165) is 22.5 Å². The van der Waals surface area contributed by atoms with Gasteiger partial charge in [-0.05, 0) is 25.0 Å². The Morgan fingerprint density at radius 2 is 1.05 bits per heavy atom. The molecule has 0 radical (unpaired) electrons. The van der Waals surface area contributed by atoms with Gasteiger partial charge in [0.25, 0.3) is 0 Å². The molecular formula is C18H18N2O2. The molecule has 0 fully saturated rings. The number of hydrogen-bond donors (Lipinski definition) is 2. The van der Waals surface area contributed by atoms with Gasteiger partial charge in [0.15, 0.2) is 0 Å². The highest BCUT2D eigenvalue weighted by molar-refractivity contribution is 6.00. The fraction of sp³-hybridized carbons (Fsp3) is 0.222. The van der Waals surface area contributed by atoms with Crippen LogP contribution >= 0.6 is 0 Å². The molecular weight excluding hydrogens is 276 g/mol. The molecule has 0 bridgehead atoms. The zero-order valence-corrected chi connectivity index (χ0v) is 12.3. The largest absolute Gasteiger partial charge is 0.326 e. The van der Waals surface area contributed by atoms with Crippen molar-refractivity contribution in [3.8, 4) is 11.1 Å². The predicted molar refractivity (Wildman–Crippen MR) is 87.6 cm³/mol. The fourth-order valence-corrected chi connectivity index (χ4v) is 2.65. The smallest absolute Gasteiger partial charge is 0.224 e. The maximum absolute atomic E-state index is 12.0. The molecule has 112 valence electrons. The molecule has 0 aliphatic carbocycles. The number of carbonyl (C=O) groups is 2. The van der Waals surface area contributed by atoms with Crippen molar-refractivity contribution in [2.45, 2.75) is 25.7 Å². The molecule has 4 nitrogen and oxygen atoms in total. The summed E-state index contributed by atoms with van der Waals surface area (Å²) in [6, 6.07) is 15.3. The van der Waals surface area contributed by atoms with Crippen molar-refractivity contribution in [1.29, 1.82) is 0 Å². The van der Waals surface area contributed by atoms with Crippen molar-refractivity contribution < 1.29 is 9.59 Å². The average Bonchev–Trinajstić information content (AvgIpc) is 2.52. The first-order chi connectivity index (χ1) is 10.7. The fourth-order valence-electron chi connectivity index (χ4n) is 2.65. The molecule has 1 aliphatic rings. The van der Waals surface area contributed by atoms with Gasteiger partial charge in [-0.1, -0.05) is 36.4 Å².